The maximum atomic E-state index is 5.72. The molecule has 2 N–H and O–H groups in total. The summed E-state index contributed by atoms with van der Waals surface area (Å²) in [5, 5.41) is 6.70. The Morgan fingerprint density at radius 3 is 2.83 bits per heavy atom. The highest BCUT2D eigenvalue weighted by atomic mass is 127. The van der Waals surface area contributed by atoms with Crippen LogP contribution in [0.2, 0.25) is 0 Å². The molecule has 0 heterocycles. The van der Waals surface area contributed by atoms with Crippen molar-refractivity contribution in [1.29, 1.82) is 0 Å². The Kier molecular flexibility index (Phi) is 10.0. The van der Waals surface area contributed by atoms with Gasteiger partial charge in [-0.05, 0) is 37.5 Å². The molecule has 1 fully saturated rings. The molecule has 0 radical (unpaired) electrons. The lowest BCUT2D eigenvalue weighted by atomic mass is 10.2. The van der Waals surface area contributed by atoms with Crippen LogP contribution in [0.5, 0.6) is 5.75 Å². The molecule has 6 heteroatoms. The average molecular weight is 433 g/mol. The Hall–Kier alpha value is -1.02. The van der Waals surface area contributed by atoms with E-state index in [9.17, 15) is 0 Å². The number of hydrogen-bond acceptors (Lipinski definition) is 3. The van der Waals surface area contributed by atoms with Crippen LogP contribution in [0, 0.1) is 0 Å². The molecule has 0 unspecified atom stereocenters. The molecule has 1 aliphatic rings. The fourth-order valence-electron chi connectivity index (χ4n) is 2.04. The van der Waals surface area contributed by atoms with Gasteiger partial charge in [-0.25, -0.2) is 4.99 Å². The first-order valence-corrected chi connectivity index (χ1v) is 8.07. The van der Waals surface area contributed by atoms with Crippen LogP contribution in [0.4, 0.5) is 0 Å². The van der Waals surface area contributed by atoms with Crippen molar-refractivity contribution in [2.24, 2.45) is 4.99 Å². The van der Waals surface area contributed by atoms with E-state index >= 15 is 0 Å². The molecule has 1 saturated carbocycles. The molecule has 0 atom stereocenters. The number of methoxy groups -OCH3 is 1. The van der Waals surface area contributed by atoms with Crippen molar-refractivity contribution in [1.82, 2.24) is 10.6 Å². The number of aliphatic imine (C=N–C) groups is 1. The van der Waals surface area contributed by atoms with E-state index < -0.39 is 0 Å². The van der Waals surface area contributed by atoms with Crippen molar-refractivity contribution in [3.05, 3.63) is 29.8 Å². The number of nitrogens with one attached hydrogen (secondary N) is 2. The number of benzene rings is 1. The fraction of sp³-hybridized carbons (Fsp3) is 0.588. The van der Waals surface area contributed by atoms with Gasteiger partial charge >= 0.3 is 0 Å². The van der Waals surface area contributed by atoms with E-state index in [1.807, 2.05) is 12.1 Å². The number of rotatable bonds is 9. The first kappa shape index (κ1) is 20.0. The van der Waals surface area contributed by atoms with Crippen LogP contribution < -0.4 is 15.4 Å². The summed E-state index contributed by atoms with van der Waals surface area (Å²) < 4.78 is 10.7. The third-order valence-electron chi connectivity index (χ3n) is 3.34. The summed E-state index contributed by atoms with van der Waals surface area (Å²) in [6.45, 7) is 5.01. The zero-order chi connectivity index (χ0) is 15.6. The van der Waals surface area contributed by atoms with Crippen molar-refractivity contribution in [2.45, 2.75) is 38.8 Å². The van der Waals surface area contributed by atoms with E-state index in [0.717, 1.165) is 36.8 Å². The summed E-state index contributed by atoms with van der Waals surface area (Å²) in [4.78, 5) is 4.63. The molecule has 1 aliphatic carbocycles. The van der Waals surface area contributed by atoms with Gasteiger partial charge in [0, 0.05) is 32.7 Å². The second-order valence-corrected chi connectivity index (χ2v) is 5.46. The SMILES string of the molecule is CCNC(=NCc1cccc(OCCCOC)c1)NC1CC1.I. The van der Waals surface area contributed by atoms with Gasteiger partial charge in [0.15, 0.2) is 5.96 Å². The van der Waals surface area contributed by atoms with E-state index in [-0.39, 0.29) is 24.0 Å². The summed E-state index contributed by atoms with van der Waals surface area (Å²) in [5.74, 6) is 1.79. The molecular weight excluding hydrogens is 405 g/mol. The lowest BCUT2D eigenvalue weighted by Gasteiger charge is -2.11. The molecule has 130 valence electrons. The zero-order valence-electron chi connectivity index (χ0n) is 14.0. The fourth-order valence-corrected chi connectivity index (χ4v) is 2.04. The largest absolute Gasteiger partial charge is 0.493 e. The molecule has 2 rings (SSSR count). The number of guanidine groups is 1. The van der Waals surface area contributed by atoms with E-state index in [2.05, 4.69) is 34.7 Å². The minimum absolute atomic E-state index is 0. The minimum atomic E-state index is 0. The smallest absolute Gasteiger partial charge is 0.191 e. The minimum Gasteiger partial charge on any atom is -0.493 e. The average Bonchev–Trinajstić information content (AvgIpc) is 3.34. The molecule has 0 aliphatic heterocycles. The predicted molar refractivity (Wildman–Crippen MR) is 105 cm³/mol. The molecule has 0 aromatic heterocycles. The maximum absolute atomic E-state index is 5.72. The maximum Gasteiger partial charge on any atom is 0.191 e. The predicted octanol–water partition coefficient (Wildman–Crippen LogP) is 2.94. The van der Waals surface area contributed by atoms with Gasteiger partial charge in [0.1, 0.15) is 5.75 Å². The van der Waals surface area contributed by atoms with Gasteiger partial charge in [0.25, 0.3) is 0 Å². The molecule has 0 amide bonds. The summed E-state index contributed by atoms with van der Waals surface area (Å²) in [6, 6.07) is 8.72. The topological polar surface area (TPSA) is 54.9 Å². The summed E-state index contributed by atoms with van der Waals surface area (Å²) in [6.07, 6.45) is 3.39. The van der Waals surface area contributed by atoms with Gasteiger partial charge in [-0.1, -0.05) is 12.1 Å². The van der Waals surface area contributed by atoms with Crippen molar-refractivity contribution >= 4 is 29.9 Å². The highest BCUT2D eigenvalue weighted by Crippen LogP contribution is 2.18. The Morgan fingerprint density at radius 1 is 1.30 bits per heavy atom. The summed E-state index contributed by atoms with van der Waals surface area (Å²) in [7, 11) is 1.70. The Labute approximate surface area is 156 Å². The second kappa shape index (κ2) is 11.5. The molecule has 23 heavy (non-hydrogen) atoms. The van der Waals surface area contributed by atoms with Crippen LogP contribution in [-0.2, 0) is 11.3 Å². The van der Waals surface area contributed by atoms with Gasteiger partial charge in [-0.3, -0.25) is 0 Å². The molecule has 0 spiro atoms. The van der Waals surface area contributed by atoms with E-state index in [1.54, 1.807) is 7.11 Å². The number of halogens is 1. The highest BCUT2D eigenvalue weighted by molar-refractivity contribution is 14.0. The first-order chi connectivity index (χ1) is 10.8. The van der Waals surface area contributed by atoms with Gasteiger partial charge in [0.2, 0.25) is 0 Å². The Bertz CT molecular complexity index is 479. The first-order valence-electron chi connectivity index (χ1n) is 8.07. The van der Waals surface area contributed by atoms with Crippen LogP contribution in [0.25, 0.3) is 0 Å². The quantitative estimate of drug-likeness (QED) is 0.272. The molecule has 0 bridgehead atoms. The highest BCUT2D eigenvalue weighted by Gasteiger charge is 2.21. The van der Waals surface area contributed by atoms with Crippen molar-refractivity contribution in [2.75, 3.05) is 26.9 Å². The number of nitrogens with zero attached hydrogens (tertiary/aromatic N) is 1. The molecule has 1 aromatic rings. The van der Waals surface area contributed by atoms with Crippen LogP contribution in [0.1, 0.15) is 31.7 Å². The Morgan fingerprint density at radius 2 is 2.13 bits per heavy atom. The van der Waals surface area contributed by atoms with Gasteiger partial charge in [0.05, 0.1) is 13.2 Å². The van der Waals surface area contributed by atoms with E-state index in [1.165, 1.54) is 12.8 Å². The summed E-state index contributed by atoms with van der Waals surface area (Å²) >= 11 is 0. The Balaban J connectivity index is 0.00000264. The normalized spacial score (nSPS) is 14.1. The molecular formula is C17H28IN3O2. The zero-order valence-corrected chi connectivity index (χ0v) is 16.3. The van der Waals surface area contributed by atoms with E-state index in [4.69, 9.17) is 9.47 Å². The monoisotopic (exact) mass is 433 g/mol. The third-order valence-corrected chi connectivity index (χ3v) is 3.34. The molecule has 5 nitrogen and oxygen atoms in total. The standard InChI is InChI=1S/C17H27N3O2.HI/c1-3-18-17(20-15-8-9-15)19-13-14-6-4-7-16(12-14)22-11-5-10-21-2;/h4,6-7,12,15H,3,5,8-11,13H2,1-2H3,(H2,18,19,20);1H. The van der Waals surface area contributed by atoms with Crippen LogP contribution >= 0.6 is 24.0 Å². The van der Waals surface area contributed by atoms with Crippen LogP contribution in [-0.4, -0.2) is 38.9 Å². The molecule has 1 aromatic carbocycles. The second-order valence-electron chi connectivity index (χ2n) is 5.46. The van der Waals surface area contributed by atoms with Gasteiger partial charge < -0.3 is 20.1 Å². The van der Waals surface area contributed by atoms with Gasteiger partial charge in [-0.2, -0.15) is 0 Å². The van der Waals surface area contributed by atoms with Crippen molar-refractivity contribution < 1.29 is 9.47 Å². The van der Waals surface area contributed by atoms with Crippen molar-refractivity contribution in [3.63, 3.8) is 0 Å². The number of hydrogen-bond donors (Lipinski definition) is 2. The summed E-state index contributed by atoms with van der Waals surface area (Å²) in [5.41, 5.74) is 1.15. The molecule has 0 saturated heterocycles. The number of ether oxygens (including phenoxy) is 2. The van der Waals surface area contributed by atoms with Crippen LogP contribution in [0.3, 0.4) is 0 Å². The van der Waals surface area contributed by atoms with E-state index in [0.29, 0.717) is 19.2 Å². The van der Waals surface area contributed by atoms with Gasteiger partial charge in [-0.15, -0.1) is 24.0 Å². The lowest BCUT2D eigenvalue weighted by molar-refractivity contribution is 0.172. The third kappa shape index (κ3) is 8.41. The van der Waals surface area contributed by atoms with Crippen LogP contribution in [0.15, 0.2) is 29.3 Å². The van der Waals surface area contributed by atoms with Crippen molar-refractivity contribution in [3.8, 4) is 5.75 Å². The lowest BCUT2D eigenvalue weighted by Crippen LogP contribution is -2.38.